The Hall–Kier alpha value is -0.640. The first-order valence-corrected chi connectivity index (χ1v) is 3.30. The van der Waals surface area contributed by atoms with Gasteiger partial charge in [-0.1, -0.05) is 0 Å². The van der Waals surface area contributed by atoms with Crippen LogP contribution in [0.2, 0.25) is 0 Å². The fourth-order valence-corrected chi connectivity index (χ4v) is 1.06. The fraction of sp³-hybridized carbons (Fsp3) is 0.833. The molecule has 0 amide bonds. The molecule has 1 aliphatic rings. The van der Waals surface area contributed by atoms with Gasteiger partial charge < -0.3 is 10.4 Å². The van der Waals surface area contributed by atoms with E-state index >= 15 is 0 Å². The molecule has 2 N–H and O–H groups in total. The molecule has 0 radical (unpaired) electrons. The molecule has 1 rings (SSSR count). The van der Waals surface area contributed by atoms with Crippen molar-refractivity contribution in [2.24, 2.45) is 0 Å². The summed E-state index contributed by atoms with van der Waals surface area (Å²) in [7, 11) is 0. The van der Waals surface area contributed by atoms with Crippen molar-refractivity contribution in [2.75, 3.05) is 6.54 Å². The van der Waals surface area contributed by atoms with Crippen molar-refractivity contribution in [1.82, 2.24) is 5.32 Å². The maximum atomic E-state index is 12.5. The Morgan fingerprint density at radius 2 is 2.40 bits per heavy atom. The Morgan fingerprint density at radius 1 is 1.70 bits per heavy atom. The zero-order chi connectivity index (χ0) is 7.56. The zero-order valence-corrected chi connectivity index (χ0v) is 5.51. The van der Waals surface area contributed by atoms with Gasteiger partial charge in [0.15, 0.2) is 0 Å². The number of hydrogen-bond acceptors (Lipinski definition) is 2. The summed E-state index contributed by atoms with van der Waals surface area (Å²) in [5.41, 5.74) is 0. The smallest absolute Gasteiger partial charge is 0.320 e. The van der Waals surface area contributed by atoms with Crippen LogP contribution in [0, 0.1) is 0 Å². The summed E-state index contributed by atoms with van der Waals surface area (Å²) in [6, 6.07) is -0.677. The highest BCUT2D eigenvalue weighted by Gasteiger charge is 2.25. The lowest BCUT2D eigenvalue weighted by atomic mass is 10.0. The number of halogens is 1. The molecule has 0 aromatic rings. The molecule has 0 spiro atoms. The molecule has 0 aromatic heterocycles. The number of piperidine rings is 1. The van der Waals surface area contributed by atoms with Crippen LogP contribution < -0.4 is 5.32 Å². The van der Waals surface area contributed by atoms with Crippen molar-refractivity contribution in [3.63, 3.8) is 0 Å². The van der Waals surface area contributed by atoms with Crippen LogP contribution in [-0.2, 0) is 4.79 Å². The van der Waals surface area contributed by atoms with Gasteiger partial charge in [-0.2, -0.15) is 0 Å². The Kier molecular flexibility index (Phi) is 2.21. The molecule has 1 heterocycles. The van der Waals surface area contributed by atoms with E-state index in [1.807, 2.05) is 0 Å². The summed E-state index contributed by atoms with van der Waals surface area (Å²) in [6.45, 7) is 0.470. The van der Waals surface area contributed by atoms with Crippen LogP contribution in [0.15, 0.2) is 0 Å². The number of alkyl halides is 1. The molecule has 4 heteroatoms. The normalized spacial score (nSPS) is 33.7. The molecule has 1 aliphatic heterocycles. The highest BCUT2D eigenvalue weighted by Crippen LogP contribution is 2.11. The van der Waals surface area contributed by atoms with Gasteiger partial charge in [-0.15, -0.1) is 0 Å². The van der Waals surface area contributed by atoms with Crippen molar-refractivity contribution >= 4 is 5.97 Å². The first-order chi connectivity index (χ1) is 4.70. The third kappa shape index (κ3) is 1.67. The van der Waals surface area contributed by atoms with Crippen molar-refractivity contribution in [1.29, 1.82) is 0 Å². The fourth-order valence-electron chi connectivity index (χ4n) is 1.06. The molecule has 10 heavy (non-hydrogen) atoms. The van der Waals surface area contributed by atoms with E-state index in [2.05, 4.69) is 5.32 Å². The van der Waals surface area contributed by atoms with Crippen molar-refractivity contribution in [2.45, 2.75) is 25.1 Å². The number of carbonyl (C=O) groups is 1. The number of nitrogens with one attached hydrogen (secondary N) is 1. The summed E-state index contributed by atoms with van der Waals surface area (Å²) < 4.78 is 12.5. The minimum atomic E-state index is -0.956. The van der Waals surface area contributed by atoms with Gasteiger partial charge in [0.05, 0.1) is 0 Å². The Labute approximate surface area is 58.2 Å². The van der Waals surface area contributed by atoms with Gasteiger partial charge in [0.2, 0.25) is 0 Å². The number of aliphatic carboxylic acids is 1. The maximum absolute atomic E-state index is 12.5. The average Bonchev–Trinajstić information content (AvgIpc) is 1.88. The Balaban J connectivity index is 2.39. The van der Waals surface area contributed by atoms with E-state index in [1.165, 1.54) is 0 Å². The molecule has 1 fully saturated rings. The molecular weight excluding hydrogens is 137 g/mol. The molecular formula is C6H10FNO2. The molecule has 2 atom stereocenters. The third-order valence-electron chi connectivity index (χ3n) is 1.64. The minimum Gasteiger partial charge on any atom is -0.480 e. The van der Waals surface area contributed by atoms with Gasteiger partial charge in [0, 0.05) is 6.42 Å². The van der Waals surface area contributed by atoms with Gasteiger partial charge in [-0.3, -0.25) is 4.79 Å². The monoisotopic (exact) mass is 147 g/mol. The standard InChI is InChI=1S/C6H10FNO2/c7-4-1-2-8-5(3-4)6(9)10/h4-5,8H,1-3H2,(H,9,10). The van der Waals surface area contributed by atoms with E-state index in [-0.39, 0.29) is 6.42 Å². The Bertz CT molecular complexity index is 140. The largest absolute Gasteiger partial charge is 0.480 e. The van der Waals surface area contributed by atoms with Crippen molar-refractivity contribution < 1.29 is 14.3 Å². The SMILES string of the molecule is O=C(O)C1CC(F)CCN1. The van der Waals surface area contributed by atoms with Crippen LogP contribution in [0.5, 0.6) is 0 Å². The molecule has 0 aromatic carbocycles. The molecule has 0 bridgehead atoms. The van der Waals surface area contributed by atoms with Crippen LogP contribution >= 0.6 is 0 Å². The minimum absolute atomic E-state index is 0.106. The number of rotatable bonds is 1. The van der Waals surface area contributed by atoms with Crippen LogP contribution in [0.1, 0.15) is 12.8 Å². The highest BCUT2D eigenvalue weighted by atomic mass is 19.1. The van der Waals surface area contributed by atoms with Gasteiger partial charge in [-0.05, 0) is 13.0 Å². The van der Waals surface area contributed by atoms with Crippen LogP contribution in [0.3, 0.4) is 0 Å². The van der Waals surface area contributed by atoms with Gasteiger partial charge in [-0.25, -0.2) is 4.39 Å². The quantitative estimate of drug-likeness (QED) is 0.555. The number of hydrogen-bond donors (Lipinski definition) is 2. The van der Waals surface area contributed by atoms with E-state index in [4.69, 9.17) is 5.11 Å². The third-order valence-corrected chi connectivity index (χ3v) is 1.64. The van der Waals surface area contributed by atoms with E-state index in [0.717, 1.165) is 0 Å². The first-order valence-electron chi connectivity index (χ1n) is 3.30. The van der Waals surface area contributed by atoms with Gasteiger partial charge in [0.1, 0.15) is 12.2 Å². The summed E-state index contributed by atoms with van der Waals surface area (Å²) in [5, 5.41) is 11.1. The predicted octanol–water partition coefficient (Wildman–Crippen LogP) is 0.161. The van der Waals surface area contributed by atoms with Crippen LogP contribution in [0.4, 0.5) is 4.39 Å². The zero-order valence-electron chi connectivity index (χ0n) is 5.51. The molecule has 0 aliphatic carbocycles. The summed E-state index contributed by atoms with van der Waals surface area (Å²) in [5.74, 6) is -0.956. The predicted molar refractivity (Wildman–Crippen MR) is 33.6 cm³/mol. The molecule has 2 unspecified atom stereocenters. The summed E-state index contributed by atoms with van der Waals surface area (Å²) in [6.07, 6.45) is -0.401. The lowest BCUT2D eigenvalue weighted by Crippen LogP contribution is -2.44. The number of carboxylic acids is 1. The lowest BCUT2D eigenvalue weighted by Gasteiger charge is -2.22. The summed E-state index contributed by atoms with van der Waals surface area (Å²) >= 11 is 0. The van der Waals surface area contributed by atoms with E-state index in [9.17, 15) is 9.18 Å². The second-order valence-corrected chi connectivity index (χ2v) is 2.47. The topological polar surface area (TPSA) is 49.3 Å². The Morgan fingerprint density at radius 3 is 2.80 bits per heavy atom. The van der Waals surface area contributed by atoms with E-state index in [0.29, 0.717) is 13.0 Å². The van der Waals surface area contributed by atoms with Gasteiger partial charge >= 0.3 is 5.97 Å². The maximum Gasteiger partial charge on any atom is 0.320 e. The second-order valence-electron chi connectivity index (χ2n) is 2.47. The molecule has 58 valence electrons. The molecule has 3 nitrogen and oxygen atoms in total. The second kappa shape index (κ2) is 2.96. The first kappa shape index (κ1) is 7.47. The van der Waals surface area contributed by atoms with Crippen molar-refractivity contribution in [3.05, 3.63) is 0 Å². The highest BCUT2D eigenvalue weighted by molar-refractivity contribution is 5.73. The average molecular weight is 147 g/mol. The van der Waals surface area contributed by atoms with E-state index in [1.54, 1.807) is 0 Å². The van der Waals surface area contributed by atoms with Gasteiger partial charge in [0.25, 0.3) is 0 Å². The summed E-state index contributed by atoms with van der Waals surface area (Å²) in [4.78, 5) is 10.3. The van der Waals surface area contributed by atoms with Crippen LogP contribution in [-0.4, -0.2) is 29.8 Å². The van der Waals surface area contributed by atoms with Crippen LogP contribution in [0.25, 0.3) is 0 Å². The number of carboxylic acid groups (broad SMARTS) is 1. The molecule has 0 saturated carbocycles. The lowest BCUT2D eigenvalue weighted by molar-refractivity contribution is -0.140. The van der Waals surface area contributed by atoms with E-state index < -0.39 is 18.2 Å². The molecule has 1 saturated heterocycles. The van der Waals surface area contributed by atoms with Crippen molar-refractivity contribution in [3.8, 4) is 0 Å².